The summed E-state index contributed by atoms with van der Waals surface area (Å²) in [5.41, 5.74) is 7.28. The van der Waals surface area contributed by atoms with E-state index in [4.69, 9.17) is 0 Å². The molecule has 1 saturated heterocycles. The van der Waals surface area contributed by atoms with Gasteiger partial charge < -0.3 is 30.3 Å². The Bertz CT molecular complexity index is 1920. The zero-order valence-electron chi connectivity index (χ0n) is 24.2. The number of aromatic nitrogens is 3. The monoisotopic (exact) mass is 586 g/mol. The predicted molar refractivity (Wildman–Crippen MR) is 175 cm³/mol. The van der Waals surface area contributed by atoms with Gasteiger partial charge in [0.15, 0.2) is 0 Å². The Morgan fingerprint density at radius 2 is 1.48 bits per heavy atom. The van der Waals surface area contributed by atoms with Crippen molar-refractivity contribution in [2.45, 2.75) is 25.5 Å². The second kappa shape index (κ2) is 11.9. The number of rotatable bonds is 8. The van der Waals surface area contributed by atoms with E-state index >= 15 is 0 Å². The average molecular weight is 587 g/mol. The van der Waals surface area contributed by atoms with Crippen LogP contribution >= 0.6 is 0 Å². The summed E-state index contributed by atoms with van der Waals surface area (Å²) in [6.07, 6.45) is 5.23. The zero-order chi connectivity index (χ0) is 30.0. The quantitative estimate of drug-likeness (QED) is 0.176. The third-order valence-corrected chi connectivity index (χ3v) is 8.30. The Kier molecular flexibility index (Phi) is 7.47. The first-order valence-corrected chi connectivity index (χ1v) is 14.9. The second-order valence-corrected chi connectivity index (χ2v) is 11.2. The largest absolute Gasteiger partial charge is 0.395 e. The minimum absolute atomic E-state index is 0.0767. The van der Waals surface area contributed by atoms with Crippen LogP contribution in [0.3, 0.4) is 0 Å². The third kappa shape index (κ3) is 5.62. The molecule has 4 aromatic carbocycles. The number of carbonyl (C=O) groups excluding carboxylic acids is 1. The summed E-state index contributed by atoms with van der Waals surface area (Å²) in [6.45, 7) is 2.37. The van der Waals surface area contributed by atoms with E-state index in [2.05, 4.69) is 51.0 Å². The highest BCUT2D eigenvalue weighted by molar-refractivity contribution is 6.05. The van der Waals surface area contributed by atoms with E-state index in [9.17, 15) is 15.0 Å². The van der Waals surface area contributed by atoms with Crippen LogP contribution in [-0.4, -0.2) is 56.3 Å². The number of benzene rings is 4. The molecule has 44 heavy (non-hydrogen) atoms. The SMILES string of the molecule is O=C(Nc1ccc2c(ccn2CCO)c1)c1ccc(-n2ncc3cc(Nc4ccc(N5CCC(O)CC5)cc4)ccc32)cc1. The lowest BCUT2D eigenvalue weighted by molar-refractivity contribution is 0.102. The number of piperidine rings is 1. The normalized spacial score (nSPS) is 13.9. The van der Waals surface area contributed by atoms with Gasteiger partial charge in [-0.15, -0.1) is 0 Å². The molecule has 0 unspecified atom stereocenters. The van der Waals surface area contributed by atoms with Gasteiger partial charge in [0.1, 0.15) is 0 Å². The molecule has 0 saturated carbocycles. The molecule has 1 aliphatic rings. The van der Waals surface area contributed by atoms with Gasteiger partial charge in [-0.2, -0.15) is 5.10 Å². The molecule has 9 heteroatoms. The molecule has 6 aromatic rings. The smallest absolute Gasteiger partial charge is 0.255 e. The van der Waals surface area contributed by atoms with E-state index in [1.165, 1.54) is 5.69 Å². The Balaban J connectivity index is 1.01. The van der Waals surface area contributed by atoms with Gasteiger partial charge in [0.2, 0.25) is 0 Å². The molecule has 7 rings (SSSR count). The summed E-state index contributed by atoms with van der Waals surface area (Å²) >= 11 is 0. The van der Waals surface area contributed by atoms with Crippen molar-refractivity contribution in [3.05, 3.63) is 109 Å². The molecule has 1 amide bonds. The minimum atomic E-state index is -0.186. The maximum atomic E-state index is 13.0. The van der Waals surface area contributed by atoms with Gasteiger partial charge in [-0.3, -0.25) is 4.79 Å². The molecule has 0 bridgehead atoms. The number of nitrogens with one attached hydrogen (secondary N) is 2. The van der Waals surface area contributed by atoms with Crippen LogP contribution in [0.15, 0.2) is 103 Å². The number of carbonyl (C=O) groups is 1. The molecule has 3 heterocycles. The Morgan fingerprint density at radius 3 is 2.25 bits per heavy atom. The molecule has 0 atom stereocenters. The van der Waals surface area contributed by atoms with Gasteiger partial charge in [0, 0.05) is 70.4 Å². The predicted octanol–water partition coefficient (Wildman–Crippen LogP) is 5.93. The number of aliphatic hydroxyl groups is 2. The number of amides is 1. The van der Waals surface area contributed by atoms with Crippen LogP contribution < -0.4 is 15.5 Å². The summed E-state index contributed by atoms with van der Waals surface area (Å²) in [5, 5.41) is 32.1. The highest BCUT2D eigenvalue weighted by Gasteiger charge is 2.17. The van der Waals surface area contributed by atoms with Crippen LogP contribution in [0, 0.1) is 0 Å². The lowest BCUT2D eigenvalue weighted by atomic mass is 10.1. The summed E-state index contributed by atoms with van der Waals surface area (Å²) < 4.78 is 3.86. The van der Waals surface area contributed by atoms with E-state index in [1.807, 2.05) is 70.2 Å². The summed E-state index contributed by atoms with van der Waals surface area (Å²) in [7, 11) is 0. The Morgan fingerprint density at radius 1 is 0.795 bits per heavy atom. The van der Waals surface area contributed by atoms with Crippen LogP contribution in [0.5, 0.6) is 0 Å². The minimum Gasteiger partial charge on any atom is -0.395 e. The summed E-state index contributed by atoms with van der Waals surface area (Å²) in [5.74, 6) is -0.186. The van der Waals surface area contributed by atoms with E-state index in [1.54, 1.807) is 12.1 Å². The van der Waals surface area contributed by atoms with Crippen molar-refractivity contribution >= 4 is 50.5 Å². The number of aliphatic hydroxyl groups excluding tert-OH is 2. The molecule has 0 spiro atoms. The molecule has 1 aliphatic heterocycles. The van der Waals surface area contributed by atoms with Gasteiger partial charge in [-0.1, -0.05) is 0 Å². The molecule has 0 radical (unpaired) electrons. The van der Waals surface area contributed by atoms with Crippen molar-refractivity contribution in [1.29, 1.82) is 0 Å². The summed E-state index contributed by atoms with van der Waals surface area (Å²) in [6, 6.07) is 29.7. The van der Waals surface area contributed by atoms with E-state index in [-0.39, 0.29) is 18.6 Å². The maximum absolute atomic E-state index is 13.0. The highest BCUT2D eigenvalue weighted by Crippen LogP contribution is 2.27. The fourth-order valence-electron chi connectivity index (χ4n) is 5.90. The molecule has 0 aliphatic carbocycles. The topological polar surface area (TPSA) is 108 Å². The van der Waals surface area contributed by atoms with Crippen molar-refractivity contribution in [3.8, 4) is 5.69 Å². The fourth-order valence-corrected chi connectivity index (χ4v) is 5.90. The van der Waals surface area contributed by atoms with E-state index in [0.29, 0.717) is 12.1 Å². The van der Waals surface area contributed by atoms with Crippen molar-refractivity contribution in [2.75, 3.05) is 35.2 Å². The van der Waals surface area contributed by atoms with Crippen molar-refractivity contribution < 1.29 is 15.0 Å². The van der Waals surface area contributed by atoms with Gasteiger partial charge in [0.25, 0.3) is 5.91 Å². The molecule has 222 valence electrons. The number of hydrogen-bond acceptors (Lipinski definition) is 6. The van der Waals surface area contributed by atoms with Crippen LogP contribution in [-0.2, 0) is 6.54 Å². The number of nitrogens with zero attached hydrogens (tertiary/aromatic N) is 4. The van der Waals surface area contributed by atoms with Crippen molar-refractivity contribution in [1.82, 2.24) is 14.3 Å². The molecule has 4 N–H and O–H groups in total. The second-order valence-electron chi connectivity index (χ2n) is 11.2. The van der Waals surface area contributed by atoms with Gasteiger partial charge in [-0.05, 0) is 104 Å². The average Bonchev–Trinajstić information content (AvgIpc) is 3.66. The third-order valence-electron chi connectivity index (χ3n) is 8.30. The van der Waals surface area contributed by atoms with Gasteiger partial charge in [0.05, 0.1) is 30.1 Å². The van der Waals surface area contributed by atoms with Gasteiger partial charge >= 0.3 is 0 Å². The molecule has 1 fully saturated rings. The van der Waals surface area contributed by atoms with Crippen LogP contribution in [0.25, 0.3) is 27.5 Å². The van der Waals surface area contributed by atoms with Crippen molar-refractivity contribution in [2.24, 2.45) is 0 Å². The molecule has 9 nitrogen and oxygen atoms in total. The first-order chi connectivity index (χ1) is 21.5. The first-order valence-electron chi connectivity index (χ1n) is 14.9. The highest BCUT2D eigenvalue weighted by atomic mass is 16.3. The lowest BCUT2D eigenvalue weighted by Gasteiger charge is -2.31. The zero-order valence-corrected chi connectivity index (χ0v) is 24.2. The number of hydrogen-bond donors (Lipinski definition) is 4. The van der Waals surface area contributed by atoms with Crippen LogP contribution in [0.2, 0.25) is 0 Å². The summed E-state index contributed by atoms with van der Waals surface area (Å²) in [4.78, 5) is 15.3. The fraction of sp³-hybridized carbons (Fsp3) is 0.200. The number of anilines is 4. The van der Waals surface area contributed by atoms with E-state index in [0.717, 1.165) is 70.5 Å². The Labute approximate surface area is 255 Å². The maximum Gasteiger partial charge on any atom is 0.255 e. The molecule has 2 aromatic heterocycles. The standard InChI is InChI=1S/C35H34N6O3/c42-20-19-40-16-13-25-21-29(5-11-33(25)40)38-35(44)24-1-7-31(8-2-24)41-34-12-6-28(22-26(34)23-36-41)37-27-3-9-30(10-4-27)39-17-14-32(43)15-18-39/h1-13,16,21-23,32,37,42-43H,14-15,17-20H2,(H,38,44). The van der Waals surface area contributed by atoms with Crippen LogP contribution in [0.4, 0.5) is 22.7 Å². The lowest BCUT2D eigenvalue weighted by Crippen LogP contribution is -2.35. The molecular formula is C35H34N6O3. The van der Waals surface area contributed by atoms with Crippen molar-refractivity contribution in [3.63, 3.8) is 0 Å². The first kappa shape index (κ1) is 27.7. The van der Waals surface area contributed by atoms with E-state index < -0.39 is 0 Å². The van der Waals surface area contributed by atoms with Crippen LogP contribution in [0.1, 0.15) is 23.2 Å². The molecular weight excluding hydrogens is 552 g/mol. The van der Waals surface area contributed by atoms with Gasteiger partial charge in [-0.25, -0.2) is 4.68 Å². The Hall–Kier alpha value is -5.12. The number of fused-ring (bicyclic) bond motifs is 2.